The number of carboxylic acid groups (broad SMARTS) is 1. The Labute approximate surface area is 143 Å². The van der Waals surface area contributed by atoms with Gasteiger partial charge in [-0.05, 0) is 32.0 Å². The molecule has 0 radical (unpaired) electrons. The van der Waals surface area contributed by atoms with Crippen molar-refractivity contribution >= 4 is 22.3 Å². The fourth-order valence-corrected chi connectivity index (χ4v) is 3.40. The molecule has 6 nitrogen and oxygen atoms in total. The predicted molar refractivity (Wildman–Crippen MR) is 92.2 cm³/mol. The average Bonchev–Trinajstić information content (AvgIpc) is 3.06. The summed E-state index contributed by atoms with van der Waals surface area (Å²) >= 11 is 1.37. The van der Waals surface area contributed by atoms with E-state index in [0.717, 1.165) is 32.6 Å². The summed E-state index contributed by atoms with van der Waals surface area (Å²) < 4.78 is 13.1. The standard InChI is InChI=1S/C17H18N2O4S/c1-3-22-11-5-6-15(23-4-2)13(7-11)14-10-19-9-12(8-16(20)21)24-17(19)18-14/h5-7,9-10H,3-4,8H2,1-2H3,(H,20,21). The third-order valence-corrected chi connectivity index (χ3v) is 4.36. The zero-order chi connectivity index (χ0) is 17.1. The summed E-state index contributed by atoms with van der Waals surface area (Å²) in [6.07, 6.45) is 3.69. The van der Waals surface area contributed by atoms with Crippen LogP contribution in [0.25, 0.3) is 16.2 Å². The maximum Gasteiger partial charge on any atom is 0.308 e. The SMILES string of the molecule is CCOc1ccc(OCC)c(-c2cn3cc(CC(=O)O)sc3n2)c1. The lowest BCUT2D eigenvalue weighted by molar-refractivity contribution is -0.136. The number of thiazole rings is 1. The lowest BCUT2D eigenvalue weighted by Gasteiger charge is -2.11. The highest BCUT2D eigenvalue weighted by atomic mass is 32.1. The molecule has 0 amide bonds. The maximum atomic E-state index is 10.8. The van der Waals surface area contributed by atoms with Crippen LogP contribution in [0, 0.1) is 0 Å². The van der Waals surface area contributed by atoms with E-state index in [0.29, 0.717) is 13.2 Å². The summed E-state index contributed by atoms with van der Waals surface area (Å²) in [5, 5.41) is 8.89. The van der Waals surface area contributed by atoms with Crippen molar-refractivity contribution in [2.75, 3.05) is 13.2 Å². The van der Waals surface area contributed by atoms with Crippen molar-refractivity contribution in [2.24, 2.45) is 0 Å². The highest BCUT2D eigenvalue weighted by molar-refractivity contribution is 7.17. The molecule has 0 aliphatic heterocycles. The minimum absolute atomic E-state index is 0.00732. The van der Waals surface area contributed by atoms with Crippen molar-refractivity contribution in [1.82, 2.24) is 9.38 Å². The molecule has 2 aromatic heterocycles. The van der Waals surface area contributed by atoms with E-state index in [1.807, 2.05) is 42.6 Å². The first-order valence-electron chi connectivity index (χ1n) is 7.70. The number of nitrogens with zero attached hydrogens (tertiary/aromatic N) is 2. The molecule has 0 fully saturated rings. The normalized spacial score (nSPS) is 10.9. The second kappa shape index (κ2) is 6.92. The van der Waals surface area contributed by atoms with Crippen LogP contribution in [0.4, 0.5) is 0 Å². The molecule has 7 heteroatoms. The summed E-state index contributed by atoms with van der Waals surface area (Å²) in [6.45, 7) is 5.02. The zero-order valence-electron chi connectivity index (χ0n) is 13.5. The molecule has 2 heterocycles. The zero-order valence-corrected chi connectivity index (χ0v) is 14.3. The number of fused-ring (bicyclic) bond motifs is 1. The van der Waals surface area contributed by atoms with Crippen LogP contribution in [0.1, 0.15) is 18.7 Å². The van der Waals surface area contributed by atoms with Crippen molar-refractivity contribution in [3.05, 3.63) is 35.5 Å². The lowest BCUT2D eigenvalue weighted by Crippen LogP contribution is -1.97. The number of carboxylic acids is 1. The van der Waals surface area contributed by atoms with Gasteiger partial charge in [0.25, 0.3) is 0 Å². The van der Waals surface area contributed by atoms with Gasteiger partial charge in [0.15, 0.2) is 4.96 Å². The van der Waals surface area contributed by atoms with Gasteiger partial charge in [0.05, 0.1) is 25.3 Å². The number of aromatic nitrogens is 2. The number of benzene rings is 1. The maximum absolute atomic E-state index is 10.8. The first-order chi connectivity index (χ1) is 11.6. The summed E-state index contributed by atoms with van der Waals surface area (Å²) in [5.74, 6) is 0.666. The molecule has 0 atom stereocenters. The van der Waals surface area contributed by atoms with Crippen molar-refractivity contribution in [2.45, 2.75) is 20.3 Å². The van der Waals surface area contributed by atoms with E-state index >= 15 is 0 Å². The van der Waals surface area contributed by atoms with E-state index in [-0.39, 0.29) is 6.42 Å². The fourth-order valence-electron chi connectivity index (χ4n) is 2.45. The molecule has 0 unspecified atom stereocenters. The topological polar surface area (TPSA) is 73.1 Å². The van der Waals surface area contributed by atoms with Crippen LogP contribution < -0.4 is 9.47 Å². The molecule has 1 aromatic carbocycles. The monoisotopic (exact) mass is 346 g/mol. The Morgan fingerprint density at radius 1 is 1.25 bits per heavy atom. The van der Waals surface area contributed by atoms with Gasteiger partial charge >= 0.3 is 5.97 Å². The Kier molecular flexibility index (Phi) is 4.71. The largest absolute Gasteiger partial charge is 0.494 e. The van der Waals surface area contributed by atoms with Crippen molar-refractivity contribution in [1.29, 1.82) is 0 Å². The Hall–Kier alpha value is -2.54. The molecule has 1 N–H and O–H groups in total. The van der Waals surface area contributed by atoms with Gasteiger partial charge in [-0.15, -0.1) is 11.3 Å². The van der Waals surface area contributed by atoms with E-state index in [9.17, 15) is 4.79 Å². The molecule has 24 heavy (non-hydrogen) atoms. The fraction of sp³-hybridized carbons (Fsp3) is 0.294. The Morgan fingerprint density at radius 2 is 2.04 bits per heavy atom. The Bertz CT molecular complexity index is 837. The molecule has 3 aromatic rings. The molecule has 0 bridgehead atoms. The number of hydrogen-bond donors (Lipinski definition) is 1. The smallest absolute Gasteiger partial charge is 0.308 e. The highest BCUT2D eigenvalue weighted by Gasteiger charge is 2.14. The summed E-state index contributed by atoms with van der Waals surface area (Å²) in [4.78, 5) is 16.9. The second-order valence-electron chi connectivity index (χ2n) is 5.11. The van der Waals surface area contributed by atoms with Gasteiger partial charge in [-0.25, -0.2) is 4.98 Å². The summed E-state index contributed by atoms with van der Waals surface area (Å²) in [6, 6.07) is 5.67. The van der Waals surface area contributed by atoms with Gasteiger partial charge in [-0.2, -0.15) is 0 Å². The third kappa shape index (κ3) is 3.35. The van der Waals surface area contributed by atoms with Crippen LogP contribution in [0.2, 0.25) is 0 Å². The van der Waals surface area contributed by atoms with Crippen molar-refractivity contribution in [3.8, 4) is 22.8 Å². The third-order valence-electron chi connectivity index (χ3n) is 3.37. The molecule has 0 aliphatic rings. The number of rotatable bonds is 7. The van der Waals surface area contributed by atoms with E-state index in [4.69, 9.17) is 14.6 Å². The Balaban J connectivity index is 2.00. The van der Waals surface area contributed by atoms with Gasteiger partial charge < -0.3 is 14.6 Å². The lowest BCUT2D eigenvalue weighted by atomic mass is 10.1. The molecule has 3 rings (SSSR count). The second-order valence-corrected chi connectivity index (χ2v) is 6.20. The van der Waals surface area contributed by atoms with E-state index in [2.05, 4.69) is 4.98 Å². The number of ether oxygens (including phenoxy) is 2. The number of hydrogen-bond acceptors (Lipinski definition) is 5. The number of carbonyl (C=O) groups is 1. The van der Waals surface area contributed by atoms with Gasteiger partial charge in [0.1, 0.15) is 11.5 Å². The molecule has 0 saturated carbocycles. The predicted octanol–water partition coefficient (Wildman–Crippen LogP) is 3.49. The minimum Gasteiger partial charge on any atom is -0.494 e. The van der Waals surface area contributed by atoms with Crippen molar-refractivity contribution in [3.63, 3.8) is 0 Å². The van der Waals surface area contributed by atoms with Crippen LogP contribution in [0.15, 0.2) is 30.6 Å². The molecule has 0 aliphatic carbocycles. The first-order valence-corrected chi connectivity index (χ1v) is 8.51. The van der Waals surface area contributed by atoms with Crippen LogP contribution >= 0.6 is 11.3 Å². The molecule has 126 valence electrons. The van der Waals surface area contributed by atoms with Crippen LogP contribution in [0.5, 0.6) is 11.5 Å². The van der Waals surface area contributed by atoms with E-state index in [1.54, 1.807) is 6.20 Å². The van der Waals surface area contributed by atoms with Gasteiger partial charge in [0, 0.05) is 22.8 Å². The molecule has 0 spiro atoms. The van der Waals surface area contributed by atoms with Crippen molar-refractivity contribution < 1.29 is 19.4 Å². The van der Waals surface area contributed by atoms with Crippen LogP contribution in [-0.2, 0) is 11.2 Å². The summed E-state index contributed by atoms with van der Waals surface area (Å²) in [5.41, 5.74) is 1.63. The van der Waals surface area contributed by atoms with E-state index in [1.165, 1.54) is 11.3 Å². The van der Waals surface area contributed by atoms with Gasteiger partial charge in [-0.3, -0.25) is 9.20 Å². The van der Waals surface area contributed by atoms with Gasteiger partial charge in [-0.1, -0.05) is 0 Å². The first kappa shape index (κ1) is 16.3. The average molecular weight is 346 g/mol. The van der Waals surface area contributed by atoms with E-state index < -0.39 is 5.97 Å². The number of imidazole rings is 1. The minimum atomic E-state index is -0.845. The number of aliphatic carboxylic acids is 1. The quantitative estimate of drug-likeness (QED) is 0.709. The molecular formula is C17H18N2O4S. The highest BCUT2D eigenvalue weighted by Crippen LogP contribution is 2.34. The summed E-state index contributed by atoms with van der Waals surface area (Å²) in [7, 11) is 0. The van der Waals surface area contributed by atoms with Crippen LogP contribution in [-0.4, -0.2) is 33.7 Å². The molecule has 0 saturated heterocycles. The Morgan fingerprint density at radius 3 is 2.71 bits per heavy atom. The van der Waals surface area contributed by atoms with Crippen LogP contribution in [0.3, 0.4) is 0 Å². The van der Waals surface area contributed by atoms with Gasteiger partial charge in [0.2, 0.25) is 0 Å². The molecular weight excluding hydrogens is 328 g/mol.